The number of nitrogens with zero attached hydrogens (tertiary/aromatic N) is 3. The maximum Gasteiger partial charge on any atom is 0.131 e. The van der Waals surface area contributed by atoms with Crippen LogP contribution < -0.4 is 10.2 Å². The summed E-state index contributed by atoms with van der Waals surface area (Å²) in [4.78, 5) is 2.63. The summed E-state index contributed by atoms with van der Waals surface area (Å²) < 4.78 is 4.95. The molecule has 0 radical (unpaired) electrons. The van der Waals surface area contributed by atoms with Crippen molar-refractivity contribution in [1.82, 2.24) is 9.13 Å². The highest BCUT2D eigenvalue weighted by Gasteiger charge is 2.48. The Kier molecular flexibility index (Phi) is 6.78. The van der Waals surface area contributed by atoms with Crippen LogP contribution >= 0.6 is 0 Å². The summed E-state index contributed by atoms with van der Waals surface area (Å²) in [6, 6.07) is 67.5. The quantitative estimate of drug-likeness (QED) is 0.192. The maximum absolute atomic E-state index is 4.02. The first kappa shape index (κ1) is 34.0. The van der Waals surface area contributed by atoms with Crippen LogP contribution in [-0.4, -0.2) is 14.7 Å². The van der Waals surface area contributed by atoms with Gasteiger partial charge in [-0.05, 0) is 101 Å². The number of nitrogens with one attached hydrogen (secondary N) is 1. The van der Waals surface area contributed by atoms with Gasteiger partial charge in [-0.2, -0.15) is 0 Å². The second-order valence-corrected chi connectivity index (χ2v) is 17.5. The SMILES string of the molecule is CC12C=CC=CC1c1cc(-c3ccc4c(c3)c3ccccc3n4-c3ccccc3)ccc1N2c1cc2c3c(c1)c1ccccc1n3C1Nc3ccccc3C(c3ccccc3)=C21. The van der Waals surface area contributed by atoms with Crippen LogP contribution in [-0.2, 0) is 0 Å². The van der Waals surface area contributed by atoms with Gasteiger partial charge >= 0.3 is 0 Å². The summed E-state index contributed by atoms with van der Waals surface area (Å²) in [5, 5.41) is 9.13. The zero-order chi connectivity index (χ0) is 40.7. The Morgan fingerprint density at radius 1 is 0.516 bits per heavy atom. The molecule has 3 aliphatic heterocycles. The van der Waals surface area contributed by atoms with Crippen LogP contribution in [0.5, 0.6) is 0 Å². The number of hydrogen-bond donors (Lipinski definition) is 1. The zero-order valence-corrected chi connectivity index (χ0v) is 34.1. The number of allylic oxidation sites excluding steroid dienone is 2. The van der Waals surface area contributed by atoms with Crippen molar-refractivity contribution >= 4 is 71.8 Å². The van der Waals surface area contributed by atoms with Crippen LogP contribution in [0.15, 0.2) is 206 Å². The molecule has 0 saturated heterocycles. The van der Waals surface area contributed by atoms with Crippen molar-refractivity contribution in [3.63, 3.8) is 0 Å². The third-order valence-corrected chi connectivity index (χ3v) is 14.3. The van der Waals surface area contributed by atoms with Crippen LogP contribution in [0.4, 0.5) is 17.1 Å². The molecule has 8 aromatic carbocycles. The molecule has 62 heavy (non-hydrogen) atoms. The molecular formula is C58H40N4. The first-order valence-electron chi connectivity index (χ1n) is 21.8. The lowest BCUT2D eigenvalue weighted by atomic mass is 9.80. The Morgan fingerprint density at radius 2 is 1.21 bits per heavy atom. The zero-order valence-electron chi connectivity index (χ0n) is 34.1. The van der Waals surface area contributed by atoms with E-state index in [4.69, 9.17) is 0 Å². The van der Waals surface area contributed by atoms with Crippen molar-refractivity contribution in [1.29, 1.82) is 0 Å². The monoisotopic (exact) mass is 792 g/mol. The Labute approximate surface area is 359 Å². The van der Waals surface area contributed by atoms with Crippen molar-refractivity contribution in [3.05, 3.63) is 229 Å². The van der Waals surface area contributed by atoms with Crippen molar-refractivity contribution < 1.29 is 0 Å². The molecule has 4 nitrogen and oxygen atoms in total. The van der Waals surface area contributed by atoms with Crippen molar-refractivity contribution in [2.75, 3.05) is 10.2 Å². The summed E-state index contributed by atoms with van der Waals surface area (Å²) >= 11 is 0. The Balaban J connectivity index is 0.978. The molecule has 4 aliphatic rings. The van der Waals surface area contributed by atoms with E-state index in [1.54, 1.807) is 0 Å². The van der Waals surface area contributed by atoms with Gasteiger partial charge in [0.05, 0.1) is 27.6 Å². The van der Waals surface area contributed by atoms with Crippen molar-refractivity contribution in [2.24, 2.45) is 0 Å². The highest BCUT2D eigenvalue weighted by atomic mass is 15.2. The second kappa shape index (κ2) is 12.4. The molecule has 3 atom stereocenters. The fourth-order valence-corrected chi connectivity index (χ4v) is 11.7. The number of hydrogen-bond acceptors (Lipinski definition) is 2. The molecule has 1 aliphatic carbocycles. The Hall–Kier alpha value is -7.82. The van der Waals surface area contributed by atoms with Crippen molar-refractivity contribution in [2.45, 2.75) is 24.5 Å². The normalized spacial score (nSPS) is 19.3. The summed E-state index contributed by atoms with van der Waals surface area (Å²) in [5.74, 6) is 0.173. The largest absolute Gasteiger partial charge is 0.361 e. The van der Waals surface area contributed by atoms with Gasteiger partial charge in [-0.3, -0.25) is 0 Å². The standard InChI is InChI=1S/C58H40N4/c1-58-31-15-14-23-48(58)46-33-38(37-27-29-52-44(32-37)41-20-9-12-25-50(41)60(52)39-18-6-3-7-19-39)28-30-53(46)62(58)40-34-45-42-21-10-13-26-51(42)61-56(45)47(35-40)55-54(36-16-4-2-5-17-36)43-22-8-11-24-49(43)59-57(55)61/h2-35,48,57,59H,1H3. The minimum Gasteiger partial charge on any atom is -0.361 e. The van der Waals surface area contributed by atoms with Gasteiger partial charge in [-0.15, -0.1) is 0 Å². The van der Waals surface area contributed by atoms with Gasteiger partial charge in [-0.25, -0.2) is 0 Å². The average molecular weight is 793 g/mol. The van der Waals surface area contributed by atoms with Gasteiger partial charge in [0.25, 0.3) is 0 Å². The molecule has 1 N–H and O–H groups in total. The number of benzene rings is 8. The van der Waals surface area contributed by atoms with Crippen molar-refractivity contribution in [3.8, 4) is 16.8 Å². The first-order valence-corrected chi connectivity index (χ1v) is 21.8. The second-order valence-electron chi connectivity index (χ2n) is 17.5. The molecule has 0 spiro atoms. The van der Waals surface area contributed by atoms with Gasteiger partial charge in [-0.1, -0.05) is 140 Å². The smallest absolute Gasteiger partial charge is 0.131 e. The molecule has 5 heterocycles. The lowest BCUT2D eigenvalue weighted by Gasteiger charge is -2.39. The molecule has 14 rings (SSSR count). The van der Waals surface area contributed by atoms with Crippen LogP contribution in [0.2, 0.25) is 0 Å². The van der Waals surface area contributed by atoms with Gasteiger partial charge in [0.15, 0.2) is 0 Å². The maximum atomic E-state index is 4.02. The van der Waals surface area contributed by atoms with E-state index >= 15 is 0 Å². The van der Waals surface area contributed by atoms with Crippen LogP contribution in [0, 0.1) is 0 Å². The summed E-state index contributed by atoms with van der Waals surface area (Å²) in [6.07, 6.45) is 9.27. The molecule has 0 bridgehead atoms. The highest BCUT2D eigenvalue weighted by molar-refractivity contribution is 6.20. The number of para-hydroxylation sites is 4. The molecular weight excluding hydrogens is 753 g/mol. The van der Waals surface area contributed by atoms with Gasteiger partial charge in [0.2, 0.25) is 0 Å². The molecule has 3 unspecified atom stereocenters. The van der Waals surface area contributed by atoms with E-state index in [9.17, 15) is 0 Å². The van der Waals surface area contributed by atoms with Gasteiger partial charge in [0.1, 0.15) is 6.17 Å². The first-order chi connectivity index (χ1) is 30.6. The summed E-state index contributed by atoms with van der Waals surface area (Å²) in [6.45, 7) is 2.42. The van der Waals surface area contributed by atoms with E-state index in [1.807, 2.05) is 0 Å². The van der Waals surface area contributed by atoms with Gasteiger partial charge < -0.3 is 19.4 Å². The molecule has 0 amide bonds. The van der Waals surface area contributed by atoms with E-state index in [1.165, 1.54) is 111 Å². The third-order valence-electron chi connectivity index (χ3n) is 14.3. The molecule has 0 saturated carbocycles. The van der Waals surface area contributed by atoms with E-state index in [2.05, 4.69) is 233 Å². The van der Waals surface area contributed by atoms with Crippen LogP contribution in [0.25, 0.3) is 71.6 Å². The van der Waals surface area contributed by atoms with E-state index in [-0.39, 0.29) is 17.6 Å². The third kappa shape index (κ3) is 4.45. The lowest BCUT2D eigenvalue weighted by Crippen LogP contribution is -2.42. The van der Waals surface area contributed by atoms with Crippen LogP contribution in [0.1, 0.15) is 41.3 Å². The van der Waals surface area contributed by atoms with Crippen LogP contribution in [0.3, 0.4) is 0 Å². The Bertz CT molecular complexity index is 3640. The van der Waals surface area contributed by atoms with Gasteiger partial charge in [0, 0.05) is 66.9 Å². The summed E-state index contributed by atoms with van der Waals surface area (Å²) in [7, 11) is 0. The Morgan fingerprint density at radius 3 is 2.06 bits per heavy atom. The fraction of sp³-hybridized carbons (Fsp3) is 0.0690. The molecule has 10 aromatic rings. The lowest BCUT2D eigenvalue weighted by molar-refractivity contribution is 0.542. The van der Waals surface area contributed by atoms with E-state index in [0.717, 1.165) is 0 Å². The average Bonchev–Trinajstić information content (AvgIpc) is 4.03. The molecule has 4 heteroatoms. The molecule has 0 fully saturated rings. The number of aromatic nitrogens is 2. The highest BCUT2D eigenvalue weighted by Crippen LogP contribution is 2.59. The fourth-order valence-electron chi connectivity index (χ4n) is 11.7. The topological polar surface area (TPSA) is 25.1 Å². The number of fused-ring (bicyclic) bond motifs is 13. The predicted octanol–water partition coefficient (Wildman–Crippen LogP) is 14.6. The molecule has 292 valence electrons. The number of rotatable bonds is 4. The van der Waals surface area contributed by atoms with E-state index in [0.29, 0.717) is 0 Å². The predicted molar refractivity (Wildman–Crippen MR) is 259 cm³/mol. The number of anilines is 3. The molecule has 2 aromatic heterocycles. The summed E-state index contributed by atoms with van der Waals surface area (Å²) in [5.41, 5.74) is 19.7. The van der Waals surface area contributed by atoms with E-state index < -0.39 is 0 Å². The minimum absolute atomic E-state index is 0.0407. The minimum atomic E-state index is -0.312.